The molecule has 2 aromatic carbocycles. The molecular formula is C62H85F2N13O15. The van der Waals surface area contributed by atoms with Crippen molar-refractivity contribution in [2.45, 2.75) is 88.8 Å². The van der Waals surface area contributed by atoms with Gasteiger partial charge in [-0.25, -0.2) is 8.78 Å². The van der Waals surface area contributed by atoms with Gasteiger partial charge in [-0.05, 0) is 75.3 Å². The first kappa shape index (κ1) is 72.6. The Labute approximate surface area is 532 Å². The van der Waals surface area contributed by atoms with Crippen LogP contribution in [0.15, 0.2) is 54.7 Å². The number of rotatable bonds is 31. The molecule has 4 heterocycles. The van der Waals surface area contributed by atoms with E-state index in [2.05, 4.69) is 31.2 Å². The maximum absolute atomic E-state index is 14.5. The van der Waals surface area contributed by atoms with E-state index in [4.69, 9.17) is 9.47 Å². The number of nitriles is 1. The maximum Gasteiger partial charge on any atom is 0.317 e. The first-order valence-electron chi connectivity index (χ1n) is 30.9. The number of aryl methyl sites for hydroxylation is 2. The van der Waals surface area contributed by atoms with E-state index in [0.29, 0.717) is 68.4 Å². The van der Waals surface area contributed by atoms with Gasteiger partial charge in [-0.1, -0.05) is 29.8 Å². The quantitative estimate of drug-likeness (QED) is 0.0336. The standard InChI is InChI=1S/C62H85F2N13O15/c1-43-10-12-44(13-11-43)7-5-9-52(78)67-17-4-3-8-50(69-53(79)38-72-20-22-73(39-55(81)82)24-26-75(41-57(85)86)27-25-74(23-21-72)40-56(83)84)60(89)70-51(34-58(87)91-2)61(90)76-30-28-71(29-31-76)19-6-32-92-46-14-15-49-48(33-46)47(16-18-66-49)59(88)68-37-54(80)77-42-62(63,64)35-45(77)36-65/h10-16,18,33,45,50-51H,3-9,17,19-32,34-35,37-42H2,1-2H3,(H,67,78)(H,68,88)(H,69,79)(H,70,89)(H,81,82)(H,83,84)(H,85,86)/t45-,50+,51?/m1/s1. The van der Waals surface area contributed by atoms with Crippen molar-refractivity contribution < 1.29 is 81.5 Å². The molecular weight excluding hydrogens is 1200 g/mol. The summed E-state index contributed by atoms with van der Waals surface area (Å²) >= 11 is 0. The van der Waals surface area contributed by atoms with Gasteiger partial charge in [-0.15, -0.1) is 0 Å². The van der Waals surface area contributed by atoms with Crippen LogP contribution in [-0.4, -0.2) is 283 Å². The number of aromatic nitrogens is 1. The molecule has 0 bridgehead atoms. The molecule has 0 saturated carbocycles. The molecule has 92 heavy (non-hydrogen) atoms. The molecule has 3 aliphatic rings. The number of carbonyl (C=O) groups excluding carboxylic acids is 7. The Bertz CT molecular complexity index is 3040. The molecule has 3 saturated heterocycles. The molecule has 3 fully saturated rings. The molecule has 1 unspecified atom stereocenters. The minimum Gasteiger partial charge on any atom is -0.494 e. The van der Waals surface area contributed by atoms with Gasteiger partial charge in [0.1, 0.15) is 23.9 Å². The third-order valence-corrected chi connectivity index (χ3v) is 16.1. The van der Waals surface area contributed by atoms with E-state index < -0.39 is 103 Å². The van der Waals surface area contributed by atoms with E-state index in [-0.39, 0.29) is 123 Å². The smallest absolute Gasteiger partial charge is 0.317 e. The molecule has 502 valence electrons. The second-order valence-electron chi connectivity index (χ2n) is 23.2. The molecule has 6 amide bonds. The van der Waals surface area contributed by atoms with Crippen LogP contribution in [0.25, 0.3) is 10.9 Å². The molecule has 7 N–H and O–H groups in total. The predicted octanol–water partition coefficient (Wildman–Crippen LogP) is 0.263. The summed E-state index contributed by atoms with van der Waals surface area (Å²) in [4.78, 5) is 145. The number of pyridine rings is 1. The minimum atomic E-state index is -3.21. The van der Waals surface area contributed by atoms with Gasteiger partial charge in [0.25, 0.3) is 11.8 Å². The summed E-state index contributed by atoms with van der Waals surface area (Å²) in [6.07, 6.45) is 3.10. The number of nitrogens with one attached hydrogen (secondary N) is 4. The number of piperazine rings is 1. The number of aliphatic carboxylic acids is 3. The molecule has 3 atom stereocenters. The number of carbonyl (C=O) groups is 10. The van der Waals surface area contributed by atoms with Crippen molar-refractivity contribution in [3.63, 3.8) is 0 Å². The van der Waals surface area contributed by atoms with Crippen LogP contribution >= 0.6 is 0 Å². The number of carboxylic acids is 3. The molecule has 6 rings (SSSR count). The van der Waals surface area contributed by atoms with Crippen molar-refractivity contribution in [2.75, 3.05) is 145 Å². The number of amides is 6. The number of nitrogens with zero attached hydrogens (tertiary/aromatic N) is 9. The number of carboxylic acid groups (broad SMARTS) is 3. The monoisotopic (exact) mass is 1290 g/mol. The normalized spacial score (nSPS) is 17.8. The highest BCUT2D eigenvalue weighted by Crippen LogP contribution is 2.32. The van der Waals surface area contributed by atoms with Crippen LogP contribution in [0.3, 0.4) is 0 Å². The first-order chi connectivity index (χ1) is 44.0. The maximum atomic E-state index is 14.5. The first-order valence-corrected chi connectivity index (χ1v) is 30.9. The Balaban J connectivity index is 1.05. The second kappa shape index (κ2) is 36.5. The predicted molar refractivity (Wildman–Crippen MR) is 328 cm³/mol. The summed E-state index contributed by atoms with van der Waals surface area (Å²) in [5.74, 6) is -10.5. The lowest BCUT2D eigenvalue weighted by atomic mass is 10.1. The summed E-state index contributed by atoms with van der Waals surface area (Å²) in [5, 5.41) is 49.6. The van der Waals surface area contributed by atoms with Crippen molar-refractivity contribution in [2.24, 2.45) is 0 Å². The zero-order chi connectivity index (χ0) is 66.7. The van der Waals surface area contributed by atoms with Gasteiger partial charge in [0, 0.05) is 116 Å². The number of hydrogen-bond acceptors (Lipinski definition) is 19. The molecule has 0 aliphatic carbocycles. The van der Waals surface area contributed by atoms with Crippen LogP contribution in [0.1, 0.15) is 72.9 Å². The van der Waals surface area contributed by atoms with Crippen LogP contribution in [0.5, 0.6) is 5.75 Å². The Morgan fingerprint density at radius 3 is 1.89 bits per heavy atom. The van der Waals surface area contributed by atoms with E-state index in [1.165, 1.54) is 17.2 Å². The van der Waals surface area contributed by atoms with Gasteiger partial charge in [0.15, 0.2) is 0 Å². The Morgan fingerprint density at radius 2 is 1.30 bits per heavy atom. The van der Waals surface area contributed by atoms with Crippen LogP contribution in [-0.2, 0) is 54.3 Å². The summed E-state index contributed by atoms with van der Waals surface area (Å²) in [6.45, 7) is 2.66. The number of esters is 1. The van der Waals surface area contributed by atoms with Gasteiger partial charge < -0.3 is 55.9 Å². The van der Waals surface area contributed by atoms with Gasteiger partial charge >= 0.3 is 23.9 Å². The highest BCUT2D eigenvalue weighted by Gasteiger charge is 2.47. The SMILES string of the molecule is COC(=O)CC(NC(=O)[C@H](CCCCNC(=O)CCCc1ccc(C)cc1)NC(=O)CN1CCN(CC(=O)O)CCN(CC(=O)O)CCN(CC(=O)O)CC1)C(=O)N1CCN(CCCOc2ccc3nccc(C(=O)NCC(=O)N4CC(F)(F)C[C@@H]4C#N)c3c2)CC1. The number of hydrogen-bond donors (Lipinski definition) is 7. The lowest BCUT2D eigenvalue weighted by Crippen LogP contribution is -2.58. The summed E-state index contributed by atoms with van der Waals surface area (Å²) < 4.78 is 38.9. The lowest BCUT2D eigenvalue weighted by Gasteiger charge is -2.36. The van der Waals surface area contributed by atoms with Crippen molar-refractivity contribution >= 4 is 70.2 Å². The van der Waals surface area contributed by atoms with Gasteiger partial charge in [0.05, 0.1) is 76.6 Å². The fourth-order valence-electron chi connectivity index (χ4n) is 11.1. The van der Waals surface area contributed by atoms with Crippen LogP contribution in [0.4, 0.5) is 8.78 Å². The largest absolute Gasteiger partial charge is 0.494 e. The lowest BCUT2D eigenvalue weighted by molar-refractivity contribution is -0.147. The van der Waals surface area contributed by atoms with Crippen molar-refractivity contribution in [1.82, 2.24) is 60.6 Å². The molecule has 0 spiro atoms. The zero-order valence-corrected chi connectivity index (χ0v) is 52.2. The van der Waals surface area contributed by atoms with Crippen LogP contribution in [0.2, 0.25) is 0 Å². The number of likely N-dealkylation sites (tertiary alicyclic amines) is 1. The highest BCUT2D eigenvalue weighted by atomic mass is 19.3. The Kier molecular flexibility index (Phi) is 28.8. The van der Waals surface area contributed by atoms with Gasteiger partial charge in [-0.2, -0.15) is 5.26 Å². The zero-order valence-electron chi connectivity index (χ0n) is 52.2. The number of unbranched alkanes of at least 4 members (excludes halogenated alkanes) is 1. The fourth-order valence-corrected chi connectivity index (χ4v) is 11.1. The topological polar surface area (TPSA) is 357 Å². The number of fused-ring (bicyclic) bond motifs is 1. The van der Waals surface area contributed by atoms with Crippen LogP contribution < -0.4 is 26.0 Å². The van der Waals surface area contributed by atoms with Gasteiger partial charge in [-0.3, -0.25) is 77.4 Å². The van der Waals surface area contributed by atoms with E-state index in [1.54, 1.807) is 43.9 Å². The highest BCUT2D eigenvalue weighted by molar-refractivity contribution is 6.07. The summed E-state index contributed by atoms with van der Waals surface area (Å²) in [7, 11) is 1.15. The second-order valence-corrected chi connectivity index (χ2v) is 23.2. The third-order valence-electron chi connectivity index (χ3n) is 16.1. The number of benzene rings is 2. The average molecular weight is 1290 g/mol. The van der Waals surface area contributed by atoms with Crippen molar-refractivity contribution in [3.8, 4) is 11.8 Å². The summed E-state index contributed by atoms with van der Waals surface area (Å²) in [5.41, 5.74) is 2.87. The number of halogens is 2. The molecule has 3 aromatic rings. The average Bonchev–Trinajstić information content (AvgIpc) is 1.16. The molecule has 30 heteroatoms. The minimum absolute atomic E-state index is 0.0491. The Hall–Kier alpha value is -8.50. The summed E-state index contributed by atoms with van der Waals surface area (Å²) in [6, 6.07) is 12.2. The molecule has 0 radical (unpaired) electrons. The Morgan fingerprint density at radius 1 is 0.707 bits per heavy atom. The fraction of sp³-hybridized carbons (Fsp3) is 0.581. The number of ether oxygens (including phenoxy) is 2. The van der Waals surface area contributed by atoms with E-state index in [9.17, 15) is 77.3 Å². The van der Waals surface area contributed by atoms with Crippen LogP contribution in [0, 0.1) is 18.3 Å². The molecule has 28 nitrogen and oxygen atoms in total. The number of methoxy groups -OCH3 is 1. The van der Waals surface area contributed by atoms with Crippen molar-refractivity contribution in [3.05, 3.63) is 71.4 Å². The van der Waals surface area contributed by atoms with E-state index in [1.807, 2.05) is 31.2 Å². The third kappa shape index (κ3) is 24.6. The molecule has 1 aromatic heterocycles. The number of alkyl halides is 2. The van der Waals surface area contributed by atoms with E-state index >= 15 is 0 Å². The molecule has 3 aliphatic heterocycles. The van der Waals surface area contributed by atoms with Gasteiger partial charge in [0.2, 0.25) is 29.5 Å². The van der Waals surface area contributed by atoms with E-state index in [0.717, 1.165) is 29.6 Å². The van der Waals surface area contributed by atoms with Crippen molar-refractivity contribution in [1.29, 1.82) is 5.26 Å².